The van der Waals surface area contributed by atoms with Crippen molar-refractivity contribution in [1.82, 2.24) is 14.9 Å². The van der Waals surface area contributed by atoms with Gasteiger partial charge in [-0.25, -0.2) is 9.80 Å². The number of hydrogen-bond acceptors (Lipinski definition) is 2. The summed E-state index contributed by atoms with van der Waals surface area (Å²) in [7, 11) is 0. The number of carbonyl (C=O) groups is 1. The maximum absolute atomic E-state index is 12.3. The van der Waals surface area contributed by atoms with Crippen LogP contribution in [0.2, 0.25) is 0 Å². The normalized spacial score (nSPS) is 19.2. The molecule has 1 saturated heterocycles. The summed E-state index contributed by atoms with van der Waals surface area (Å²) < 4.78 is 0. The molecule has 2 heterocycles. The predicted molar refractivity (Wildman–Crippen MR) is 86.9 cm³/mol. The number of benzene rings is 1. The third-order valence-corrected chi connectivity index (χ3v) is 4.25. The molecule has 2 aliphatic rings. The number of amides is 2. The minimum absolute atomic E-state index is 0.0397. The van der Waals surface area contributed by atoms with Crippen LogP contribution < -0.4 is 0 Å². The predicted octanol–water partition coefficient (Wildman–Crippen LogP) is 2.15. The van der Waals surface area contributed by atoms with Crippen LogP contribution in [0, 0.1) is 12.3 Å². The molecule has 1 aromatic carbocycles. The van der Waals surface area contributed by atoms with Crippen molar-refractivity contribution in [3.63, 3.8) is 0 Å². The molecule has 2 amide bonds. The number of terminal acetylenes is 1. The topological polar surface area (TPSA) is 26.8 Å². The Kier molecular flexibility index (Phi) is 4.45. The number of hydrazine groups is 1. The van der Waals surface area contributed by atoms with Crippen molar-refractivity contribution in [2.75, 3.05) is 32.7 Å². The monoisotopic (exact) mass is 295 g/mol. The van der Waals surface area contributed by atoms with Gasteiger partial charge in [0.15, 0.2) is 0 Å². The highest BCUT2D eigenvalue weighted by molar-refractivity contribution is 5.76. The SMILES string of the molecule is C#CCN1CCN(N2CC=C(Cc3ccccc3)CC2)C1=O. The summed E-state index contributed by atoms with van der Waals surface area (Å²) in [5.74, 6) is 2.55. The maximum atomic E-state index is 12.3. The second-order valence-corrected chi connectivity index (χ2v) is 5.72. The van der Waals surface area contributed by atoms with Crippen molar-refractivity contribution in [1.29, 1.82) is 0 Å². The lowest BCUT2D eigenvalue weighted by Gasteiger charge is -2.33. The molecule has 2 aliphatic heterocycles. The first kappa shape index (κ1) is 14.7. The van der Waals surface area contributed by atoms with Crippen LogP contribution in [0.4, 0.5) is 4.79 Å². The summed E-state index contributed by atoms with van der Waals surface area (Å²) in [5.41, 5.74) is 2.80. The Bertz CT molecular complexity index is 603. The molecule has 0 radical (unpaired) electrons. The van der Waals surface area contributed by atoms with Crippen LogP contribution in [0.3, 0.4) is 0 Å². The molecule has 0 unspecified atom stereocenters. The third-order valence-electron chi connectivity index (χ3n) is 4.25. The molecular formula is C18H21N3O. The zero-order valence-electron chi connectivity index (χ0n) is 12.7. The molecule has 0 atom stereocenters. The average molecular weight is 295 g/mol. The van der Waals surface area contributed by atoms with Gasteiger partial charge < -0.3 is 4.90 Å². The number of nitrogens with zero attached hydrogens (tertiary/aromatic N) is 3. The van der Waals surface area contributed by atoms with Crippen LogP contribution in [0.5, 0.6) is 0 Å². The second-order valence-electron chi connectivity index (χ2n) is 5.72. The Morgan fingerprint density at radius 2 is 1.95 bits per heavy atom. The van der Waals surface area contributed by atoms with E-state index < -0.39 is 0 Å². The summed E-state index contributed by atoms with van der Waals surface area (Å²) in [4.78, 5) is 14.0. The van der Waals surface area contributed by atoms with E-state index >= 15 is 0 Å². The van der Waals surface area contributed by atoms with Crippen LogP contribution in [0.25, 0.3) is 0 Å². The standard InChI is InChI=1S/C18H21N3O/c1-2-10-19-13-14-21(18(19)22)20-11-8-17(9-12-20)15-16-6-4-3-5-7-16/h1,3-8H,9-15H2. The number of urea groups is 1. The van der Waals surface area contributed by atoms with E-state index in [9.17, 15) is 4.79 Å². The van der Waals surface area contributed by atoms with Gasteiger partial charge in [-0.2, -0.15) is 0 Å². The molecular weight excluding hydrogens is 274 g/mol. The van der Waals surface area contributed by atoms with E-state index in [4.69, 9.17) is 6.42 Å². The van der Waals surface area contributed by atoms with Gasteiger partial charge in [0.05, 0.1) is 13.1 Å². The summed E-state index contributed by atoms with van der Waals surface area (Å²) in [6.07, 6.45) is 9.57. The molecule has 1 aromatic rings. The summed E-state index contributed by atoms with van der Waals surface area (Å²) in [5, 5.41) is 3.97. The van der Waals surface area contributed by atoms with Crippen LogP contribution in [0.1, 0.15) is 12.0 Å². The van der Waals surface area contributed by atoms with Crippen molar-refractivity contribution >= 4 is 6.03 Å². The highest BCUT2D eigenvalue weighted by Gasteiger charge is 2.32. The molecule has 4 nitrogen and oxygen atoms in total. The lowest BCUT2D eigenvalue weighted by atomic mass is 10.0. The van der Waals surface area contributed by atoms with Gasteiger partial charge in [-0.15, -0.1) is 6.42 Å². The van der Waals surface area contributed by atoms with Gasteiger partial charge in [-0.05, 0) is 18.4 Å². The van der Waals surface area contributed by atoms with Gasteiger partial charge >= 0.3 is 6.03 Å². The fourth-order valence-electron chi connectivity index (χ4n) is 3.03. The quantitative estimate of drug-likeness (QED) is 0.628. The van der Waals surface area contributed by atoms with Crippen LogP contribution in [0.15, 0.2) is 42.0 Å². The number of hydrogen-bond donors (Lipinski definition) is 0. The Hall–Kier alpha value is -2.25. The van der Waals surface area contributed by atoms with Crippen molar-refractivity contribution in [3.8, 4) is 12.3 Å². The van der Waals surface area contributed by atoms with Crippen LogP contribution >= 0.6 is 0 Å². The van der Waals surface area contributed by atoms with Gasteiger partial charge in [0.25, 0.3) is 0 Å². The van der Waals surface area contributed by atoms with Crippen molar-refractivity contribution in [2.24, 2.45) is 0 Å². The fraction of sp³-hybridized carbons (Fsp3) is 0.389. The van der Waals surface area contributed by atoms with E-state index in [0.717, 1.165) is 39.0 Å². The highest BCUT2D eigenvalue weighted by Crippen LogP contribution is 2.20. The molecule has 114 valence electrons. The fourth-order valence-corrected chi connectivity index (χ4v) is 3.03. The molecule has 0 saturated carbocycles. The summed E-state index contributed by atoms with van der Waals surface area (Å²) in [6.45, 7) is 3.56. The first-order valence-corrected chi connectivity index (χ1v) is 7.74. The van der Waals surface area contributed by atoms with Crippen molar-refractivity contribution in [3.05, 3.63) is 47.5 Å². The van der Waals surface area contributed by atoms with E-state index in [0.29, 0.717) is 6.54 Å². The Morgan fingerprint density at radius 3 is 2.64 bits per heavy atom. The smallest absolute Gasteiger partial charge is 0.311 e. The minimum Gasteiger partial charge on any atom is -0.311 e. The zero-order chi connectivity index (χ0) is 15.4. The van der Waals surface area contributed by atoms with Crippen molar-refractivity contribution in [2.45, 2.75) is 12.8 Å². The zero-order valence-corrected chi connectivity index (χ0v) is 12.7. The molecule has 22 heavy (non-hydrogen) atoms. The van der Waals surface area contributed by atoms with Crippen molar-refractivity contribution < 1.29 is 4.79 Å². The molecule has 1 fully saturated rings. The first-order chi connectivity index (χ1) is 10.8. The average Bonchev–Trinajstić information content (AvgIpc) is 2.91. The van der Waals surface area contributed by atoms with Crippen LogP contribution in [-0.2, 0) is 6.42 Å². The molecule has 0 aliphatic carbocycles. The Labute approximate surface area is 132 Å². The van der Waals surface area contributed by atoms with Gasteiger partial charge in [-0.1, -0.05) is 47.9 Å². The van der Waals surface area contributed by atoms with E-state index in [2.05, 4.69) is 41.3 Å². The molecule has 4 heteroatoms. The second kappa shape index (κ2) is 6.67. The largest absolute Gasteiger partial charge is 0.335 e. The molecule has 3 rings (SSSR count). The van der Waals surface area contributed by atoms with Crippen LogP contribution in [-0.4, -0.2) is 53.7 Å². The molecule has 0 spiro atoms. The summed E-state index contributed by atoms with van der Waals surface area (Å²) >= 11 is 0. The maximum Gasteiger partial charge on any atom is 0.335 e. The first-order valence-electron chi connectivity index (χ1n) is 7.74. The molecule has 0 bridgehead atoms. The lowest BCUT2D eigenvalue weighted by molar-refractivity contribution is 0.0367. The summed E-state index contributed by atoms with van der Waals surface area (Å²) in [6, 6.07) is 10.6. The minimum atomic E-state index is 0.0397. The van der Waals surface area contributed by atoms with Gasteiger partial charge in [0, 0.05) is 19.6 Å². The van der Waals surface area contributed by atoms with Gasteiger partial charge in [0.1, 0.15) is 0 Å². The van der Waals surface area contributed by atoms with E-state index in [1.54, 1.807) is 4.90 Å². The highest BCUT2D eigenvalue weighted by atomic mass is 16.2. The van der Waals surface area contributed by atoms with Gasteiger partial charge in [0.2, 0.25) is 0 Å². The molecule has 0 N–H and O–H groups in total. The van der Waals surface area contributed by atoms with E-state index in [1.165, 1.54) is 11.1 Å². The number of carbonyl (C=O) groups excluding carboxylic acids is 1. The van der Waals surface area contributed by atoms with E-state index in [-0.39, 0.29) is 6.03 Å². The Morgan fingerprint density at radius 1 is 1.14 bits per heavy atom. The number of rotatable bonds is 4. The lowest BCUT2D eigenvalue weighted by Crippen LogP contribution is -2.47. The molecule has 0 aromatic heterocycles. The Balaban J connectivity index is 1.57. The van der Waals surface area contributed by atoms with E-state index in [1.807, 2.05) is 11.1 Å². The van der Waals surface area contributed by atoms with Gasteiger partial charge in [-0.3, -0.25) is 5.01 Å². The third kappa shape index (κ3) is 3.15.